The molecule has 3 atom stereocenters. The largest absolute Gasteiger partial charge is 0.303 e. The van der Waals surface area contributed by atoms with Crippen LogP contribution in [0.3, 0.4) is 0 Å². The fourth-order valence-corrected chi connectivity index (χ4v) is 5.12. The van der Waals surface area contributed by atoms with Crippen molar-refractivity contribution >= 4 is 18.0 Å². The first kappa shape index (κ1) is 21.1. The van der Waals surface area contributed by atoms with Gasteiger partial charge in [0.25, 0.3) is 0 Å². The predicted octanol–water partition coefficient (Wildman–Crippen LogP) is 6.89. The second-order valence-electron chi connectivity index (χ2n) is 7.69. The van der Waals surface area contributed by atoms with Crippen LogP contribution >= 0.6 is 11.8 Å². The summed E-state index contributed by atoms with van der Waals surface area (Å²) in [5.41, 5.74) is 0. The van der Waals surface area contributed by atoms with Crippen LogP contribution in [0.25, 0.3) is 0 Å². The first-order chi connectivity index (χ1) is 11.3. The van der Waals surface area contributed by atoms with Gasteiger partial charge in [-0.15, -0.1) is 0 Å². The van der Waals surface area contributed by atoms with Crippen molar-refractivity contribution in [3.05, 3.63) is 0 Å². The lowest BCUT2D eigenvalue weighted by Gasteiger charge is -2.20. The second-order valence-corrected chi connectivity index (χ2v) is 8.92. The first-order valence-electron chi connectivity index (χ1n) is 10.3. The Labute approximate surface area is 149 Å². The minimum absolute atomic E-state index is 0.746. The highest BCUT2D eigenvalue weighted by Crippen LogP contribution is 2.38. The smallest absolute Gasteiger partial charge is 0.120 e. The molecule has 0 N–H and O–H groups in total. The van der Waals surface area contributed by atoms with E-state index in [1.54, 1.807) is 0 Å². The molecule has 1 nitrogen and oxygen atoms in total. The number of carbonyl (C=O) groups is 1. The van der Waals surface area contributed by atoms with Crippen LogP contribution in [0.4, 0.5) is 0 Å². The van der Waals surface area contributed by atoms with Crippen molar-refractivity contribution < 1.29 is 4.79 Å². The van der Waals surface area contributed by atoms with E-state index in [0.29, 0.717) is 0 Å². The van der Waals surface area contributed by atoms with Gasteiger partial charge in [-0.2, -0.15) is 11.8 Å². The molecule has 0 radical (unpaired) electrons. The van der Waals surface area contributed by atoms with Gasteiger partial charge in [-0.1, -0.05) is 78.1 Å². The number of hydrogen-bond donors (Lipinski definition) is 0. The average molecular weight is 341 g/mol. The van der Waals surface area contributed by atoms with E-state index in [-0.39, 0.29) is 0 Å². The maximum absolute atomic E-state index is 10.3. The highest BCUT2D eigenvalue weighted by molar-refractivity contribution is 7.99. The molecule has 0 unspecified atom stereocenters. The number of rotatable bonds is 15. The van der Waals surface area contributed by atoms with Crippen LogP contribution < -0.4 is 0 Å². The number of hydrogen-bond acceptors (Lipinski definition) is 2. The van der Waals surface area contributed by atoms with Gasteiger partial charge in [-0.25, -0.2) is 0 Å². The molecule has 0 aromatic carbocycles. The Morgan fingerprint density at radius 2 is 1.74 bits per heavy atom. The Kier molecular flexibility index (Phi) is 13.2. The third kappa shape index (κ3) is 10.5. The molecule has 0 amide bonds. The molecule has 0 saturated heterocycles. The molecule has 23 heavy (non-hydrogen) atoms. The van der Waals surface area contributed by atoms with Gasteiger partial charge < -0.3 is 4.79 Å². The lowest BCUT2D eigenvalue weighted by Crippen LogP contribution is -2.09. The van der Waals surface area contributed by atoms with E-state index in [9.17, 15) is 4.79 Å². The van der Waals surface area contributed by atoms with Crippen LogP contribution in [0, 0.1) is 17.8 Å². The highest BCUT2D eigenvalue weighted by Gasteiger charge is 2.26. The SMILES string of the molecule is CCCC[C@H](C)CCCC[C@H]1CCC[C@@H]1CCSCCCC=O. The van der Waals surface area contributed by atoms with Crippen LogP contribution in [-0.4, -0.2) is 17.8 Å². The zero-order valence-electron chi connectivity index (χ0n) is 15.7. The van der Waals surface area contributed by atoms with Crippen molar-refractivity contribution in [2.24, 2.45) is 17.8 Å². The molecule has 0 heterocycles. The number of unbranched alkanes of at least 4 members (excludes halogenated alkanes) is 3. The molecule has 1 aliphatic rings. The monoisotopic (exact) mass is 340 g/mol. The van der Waals surface area contributed by atoms with Crippen LogP contribution in [0.5, 0.6) is 0 Å². The second kappa shape index (κ2) is 14.4. The van der Waals surface area contributed by atoms with Gasteiger partial charge in [-0.05, 0) is 42.1 Å². The van der Waals surface area contributed by atoms with E-state index in [0.717, 1.165) is 36.9 Å². The van der Waals surface area contributed by atoms with Crippen molar-refractivity contribution in [1.29, 1.82) is 0 Å². The average Bonchev–Trinajstić information content (AvgIpc) is 3.00. The van der Waals surface area contributed by atoms with Crippen molar-refractivity contribution in [1.82, 2.24) is 0 Å². The molecule has 1 rings (SSSR count). The summed E-state index contributed by atoms with van der Waals surface area (Å²) in [5, 5.41) is 0. The fourth-order valence-electron chi connectivity index (χ4n) is 4.08. The minimum atomic E-state index is 0.746. The molecule has 1 saturated carbocycles. The van der Waals surface area contributed by atoms with E-state index in [4.69, 9.17) is 0 Å². The Morgan fingerprint density at radius 1 is 1.00 bits per heavy atom. The maximum Gasteiger partial charge on any atom is 0.120 e. The van der Waals surface area contributed by atoms with E-state index in [1.165, 1.54) is 82.1 Å². The Balaban J connectivity index is 2.03. The molecule has 0 spiro atoms. The van der Waals surface area contributed by atoms with Gasteiger partial charge in [0.05, 0.1) is 0 Å². The summed E-state index contributed by atoms with van der Waals surface area (Å²) in [7, 11) is 0. The van der Waals surface area contributed by atoms with Gasteiger partial charge in [0.15, 0.2) is 0 Å². The first-order valence-corrected chi connectivity index (χ1v) is 11.4. The maximum atomic E-state index is 10.3. The van der Waals surface area contributed by atoms with Gasteiger partial charge >= 0.3 is 0 Å². The van der Waals surface area contributed by atoms with Crippen molar-refractivity contribution in [3.8, 4) is 0 Å². The van der Waals surface area contributed by atoms with E-state index in [1.807, 2.05) is 0 Å². The topological polar surface area (TPSA) is 17.1 Å². The summed E-state index contributed by atoms with van der Waals surface area (Å²) in [5.74, 6) is 5.46. The molecule has 0 aromatic rings. The zero-order valence-corrected chi connectivity index (χ0v) is 16.5. The summed E-state index contributed by atoms with van der Waals surface area (Å²) in [6.45, 7) is 4.74. The molecule has 0 aromatic heterocycles. The number of thioether (sulfide) groups is 1. The molecular formula is C21H40OS. The molecule has 0 aliphatic heterocycles. The predicted molar refractivity (Wildman–Crippen MR) is 105 cm³/mol. The van der Waals surface area contributed by atoms with E-state index >= 15 is 0 Å². The van der Waals surface area contributed by atoms with Gasteiger partial charge in [0.1, 0.15) is 6.29 Å². The fraction of sp³-hybridized carbons (Fsp3) is 0.952. The van der Waals surface area contributed by atoms with E-state index in [2.05, 4.69) is 25.6 Å². The third-order valence-corrected chi connectivity index (χ3v) is 6.73. The van der Waals surface area contributed by atoms with Crippen molar-refractivity contribution in [2.75, 3.05) is 11.5 Å². The van der Waals surface area contributed by atoms with Crippen LogP contribution in [0.1, 0.15) is 97.3 Å². The Morgan fingerprint density at radius 3 is 2.48 bits per heavy atom. The quantitative estimate of drug-likeness (QED) is 0.238. The summed E-state index contributed by atoms with van der Waals surface area (Å²) < 4.78 is 0. The summed E-state index contributed by atoms with van der Waals surface area (Å²) >= 11 is 2.06. The van der Waals surface area contributed by atoms with E-state index < -0.39 is 0 Å². The van der Waals surface area contributed by atoms with Crippen LogP contribution in [0.15, 0.2) is 0 Å². The molecule has 1 aliphatic carbocycles. The third-order valence-electron chi connectivity index (χ3n) is 5.63. The Bertz CT molecular complexity index is 279. The highest BCUT2D eigenvalue weighted by atomic mass is 32.2. The standard InChI is InChI=1S/C21H40OS/c1-3-4-10-19(2)11-5-6-12-20-13-9-14-21(20)15-18-23-17-8-7-16-22/h16,19-21H,3-15,17-18H2,1-2H3/t19-,20-,21+/m0/s1. The summed E-state index contributed by atoms with van der Waals surface area (Å²) in [6, 6.07) is 0. The number of aldehydes is 1. The van der Waals surface area contributed by atoms with Crippen molar-refractivity contribution in [2.45, 2.75) is 97.3 Å². The summed E-state index contributed by atoms with van der Waals surface area (Å²) in [6.07, 6.45) is 18.8. The lowest BCUT2D eigenvalue weighted by atomic mass is 9.88. The van der Waals surface area contributed by atoms with Crippen LogP contribution in [0.2, 0.25) is 0 Å². The minimum Gasteiger partial charge on any atom is -0.303 e. The number of carbonyl (C=O) groups excluding carboxylic acids is 1. The zero-order chi connectivity index (χ0) is 16.8. The van der Waals surface area contributed by atoms with Gasteiger partial charge in [-0.3, -0.25) is 0 Å². The molecule has 2 heteroatoms. The lowest BCUT2D eigenvalue weighted by molar-refractivity contribution is -0.107. The Hall–Kier alpha value is 0.0200. The normalized spacial score (nSPS) is 22.3. The summed E-state index contributed by atoms with van der Waals surface area (Å²) in [4.78, 5) is 10.3. The molecule has 136 valence electrons. The van der Waals surface area contributed by atoms with Crippen LogP contribution in [-0.2, 0) is 4.79 Å². The van der Waals surface area contributed by atoms with Crippen molar-refractivity contribution in [3.63, 3.8) is 0 Å². The molecule has 0 bridgehead atoms. The molecular weight excluding hydrogens is 300 g/mol. The molecule has 1 fully saturated rings. The van der Waals surface area contributed by atoms with Gasteiger partial charge in [0, 0.05) is 6.42 Å². The van der Waals surface area contributed by atoms with Gasteiger partial charge in [0.2, 0.25) is 0 Å².